The molecule has 0 radical (unpaired) electrons. The number of hydrogen-bond donors (Lipinski definition) is 2. The summed E-state index contributed by atoms with van der Waals surface area (Å²) in [6, 6.07) is 15.0. The Morgan fingerprint density at radius 1 is 1.13 bits per heavy atom. The van der Waals surface area contributed by atoms with Gasteiger partial charge in [-0.05, 0) is 58.3 Å². The van der Waals surface area contributed by atoms with E-state index in [1.54, 1.807) is 6.07 Å². The van der Waals surface area contributed by atoms with E-state index in [1.807, 2.05) is 49.4 Å². The number of aryl methyl sites for hydroxylation is 1. The number of halogens is 1. The summed E-state index contributed by atoms with van der Waals surface area (Å²) in [6.07, 6.45) is 2.26. The molecule has 0 spiro atoms. The molecule has 0 heterocycles. The van der Waals surface area contributed by atoms with Crippen molar-refractivity contribution >= 4 is 46.3 Å². The first-order chi connectivity index (χ1) is 11.1. The summed E-state index contributed by atoms with van der Waals surface area (Å²) in [5.74, 6) is -1.55. The van der Waals surface area contributed by atoms with Crippen molar-refractivity contribution in [3.05, 3.63) is 63.2 Å². The van der Waals surface area contributed by atoms with Gasteiger partial charge in [0, 0.05) is 9.26 Å². The molecule has 2 aromatic carbocycles. The lowest BCUT2D eigenvalue weighted by molar-refractivity contribution is -0.136. The number of amides is 2. The topological polar surface area (TPSA) is 70.6 Å². The van der Waals surface area contributed by atoms with Crippen LogP contribution < -0.4 is 10.7 Å². The minimum absolute atomic E-state index is 0.636. The fourth-order valence-corrected chi connectivity index (χ4v) is 2.50. The highest BCUT2D eigenvalue weighted by Gasteiger charge is 2.14. The molecule has 23 heavy (non-hydrogen) atoms. The van der Waals surface area contributed by atoms with Crippen molar-refractivity contribution in [1.82, 2.24) is 5.43 Å². The molecule has 0 bridgehead atoms. The van der Waals surface area contributed by atoms with Gasteiger partial charge in [0.1, 0.15) is 0 Å². The molecule has 2 N–H and O–H groups in total. The number of benzene rings is 2. The molecule has 118 valence electrons. The number of carbonyl (C=O) groups is 2. The molecular weight excluding hydrogens is 405 g/mol. The number of hydrazone groups is 1. The van der Waals surface area contributed by atoms with Gasteiger partial charge in [-0.1, -0.05) is 37.3 Å². The van der Waals surface area contributed by atoms with Crippen molar-refractivity contribution in [3.63, 3.8) is 0 Å². The maximum atomic E-state index is 11.9. The lowest BCUT2D eigenvalue weighted by atomic mass is 10.1. The van der Waals surface area contributed by atoms with Gasteiger partial charge in [0.25, 0.3) is 0 Å². The highest BCUT2D eigenvalue weighted by Crippen LogP contribution is 2.15. The molecular formula is C17H16IN3O2. The number of carbonyl (C=O) groups excluding carboxylic acids is 2. The second-order valence-corrected chi connectivity index (χ2v) is 5.96. The van der Waals surface area contributed by atoms with Gasteiger partial charge in [0.2, 0.25) is 0 Å². The molecule has 0 aliphatic heterocycles. The van der Waals surface area contributed by atoms with Gasteiger partial charge in [-0.25, -0.2) is 5.43 Å². The fourth-order valence-electron chi connectivity index (χ4n) is 1.93. The van der Waals surface area contributed by atoms with E-state index in [0.29, 0.717) is 5.69 Å². The zero-order chi connectivity index (χ0) is 16.7. The SMILES string of the molecule is CCc1ccccc1NC(=O)C(=O)N/N=C/c1cccc(I)c1. The van der Waals surface area contributed by atoms with Crippen LogP contribution in [0.4, 0.5) is 5.69 Å². The Morgan fingerprint density at radius 3 is 2.65 bits per heavy atom. The van der Waals surface area contributed by atoms with Crippen LogP contribution in [0.2, 0.25) is 0 Å². The molecule has 0 aromatic heterocycles. The van der Waals surface area contributed by atoms with E-state index in [9.17, 15) is 9.59 Å². The van der Waals surface area contributed by atoms with Crippen molar-refractivity contribution in [2.45, 2.75) is 13.3 Å². The molecule has 2 amide bonds. The van der Waals surface area contributed by atoms with E-state index in [0.717, 1.165) is 21.1 Å². The number of nitrogens with one attached hydrogen (secondary N) is 2. The Labute approximate surface area is 148 Å². The second-order valence-electron chi connectivity index (χ2n) is 4.72. The summed E-state index contributed by atoms with van der Waals surface area (Å²) in [5, 5.41) is 6.39. The van der Waals surface area contributed by atoms with Crippen LogP contribution in [-0.2, 0) is 16.0 Å². The summed E-state index contributed by atoms with van der Waals surface area (Å²) in [5.41, 5.74) is 4.67. The van der Waals surface area contributed by atoms with Gasteiger partial charge < -0.3 is 5.32 Å². The predicted octanol–water partition coefficient (Wildman–Crippen LogP) is 2.94. The number of nitrogens with zero attached hydrogens (tertiary/aromatic N) is 1. The van der Waals surface area contributed by atoms with Gasteiger partial charge in [-0.2, -0.15) is 5.10 Å². The lowest BCUT2D eigenvalue weighted by Gasteiger charge is -2.08. The smallest absolute Gasteiger partial charge is 0.317 e. The van der Waals surface area contributed by atoms with E-state index in [2.05, 4.69) is 38.4 Å². The molecule has 5 nitrogen and oxygen atoms in total. The molecule has 0 saturated carbocycles. The normalized spacial score (nSPS) is 10.5. The largest absolute Gasteiger partial charge is 0.329 e. The van der Waals surface area contributed by atoms with Crippen molar-refractivity contribution in [2.75, 3.05) is 5.32 Å². The van der Waals surface area contributed by atoms with E-state index in [4.69, 9.17) is 0 Å². The average Bonchev–Trinajstić information content (AvgIpc) is 2.55. The minimum atomic E-state index is -0.808. The van der Waals surface area contributed by atoms with Crippen LogP contribution in [0.25, 0.3) is 0 Å². The third kappa shape index (κ3) is 5.17. The van der Waals surface area contributed by atoms with Crippen molar-refractivity contribution < 1.29 is 9.59 Å². The Hall–Kier alpha value is -2.22. The van der Waals surface area contributed by atoms with Crippen molar-refractivity contribution in [2.24, 2.45) is 5.10 Å². The summed E-state index contributed by atoms with van der Waals surface area (Å²) >= 11 is 2.19. The van der Waals surface area contributed by atoms with Crippen LogP contribution in [0.3, 0.4) is 0 Å². The van der Waals surface area contributed by atoms with Gasteiger partial charge in [0.15, 0.2) is 0 Å². The van der Waals surface area contributed by atoms with Crippen LogP contribution in [0.5, 0.6) is 0 Å². The molecule has 0 aliphatic rings. The summed E-state index contributed by atoms with van der Waals surface area (Å²) in [6.45, 7) is 1.98. The molecule has 6 heteroatoms. The quantitative estimate of drug-likeness (QED) is 0.345. The van der Waals surface area contributed by atoms with Gasteiger partial charge in [0.05, 0.1) is 6.21 Å². The van der Waals surface area contributed by atoms with Crippen molar-refractivity contribution in [3.8, 4) is 0 Å². The zero-order valence-corrected chi connectivity index (χ0v) is 14.7. The molecule has 2 aromatic rings. The van der Waals surface area contributed by atoms with Crippen LogP contribution in [0, 0.1) is 3.57 Å². The average molecular weight is 421 g/mol. The molecule has 0 unspecified atom stereocenters. The summed E-state index contributed by atoms with van der Waals surface area (Å²) < 4.78 is 1.06. The van der Waals surface area contributed by atoms with E-state index in [1.165, 1.54) is 6.21 Å². The highest BCUT2D eigenvalue weighted by atomic mass is 127. The first-order valence-electron chi connectivity index (χ1n) is 7.08. The number of para-hydroxylation sites is 1. The fraction of sp³-hybridized carbons (Fsp3) is 0.118. The van der Waals surface area contributed by atoms with E-state index >= 15 is 0 Å². The summed E-state index contributed by atoms with van der Waals surface area (Å²) in [4.78, 5) is 23.6. The Morgan fingerprint density at radius 2 is 1.91 bits per heavy atom. The number of anilines is 1. The molecule has 0 aliphatic carbocycles. The highest BCUT2D eigenvalue weighted by molar-refractivity contribution is 14.1. The standard InChI is InChI=1S/C17H16IN3O2/c1-2-13-7-3-4-9-15(13)20-16(22)17(23)21-19-11-12-6-5-8-14(18)10-12/h3-11H,2H2,1H3,(H,20,22)(H,21,23)/b19-11+. The number of rotatable bonds is 4. The zero-order valence-electron chi connectivity index (χ0n) is 12.5. The first-order valence-corrected chi connectivity index (χ1v) is 8.16. The predicted molar refractivity (Wildman–Crippen MR) is 99.3 cm³/mol. The minimum Gasteiger partial charge on any atom is -0.317 e. The van der Waals surface area contributed by atoms with Gasteiger partial charge in [-0.15, -0.1) is 0 Å². The van der Waals surface area contributed by atoms with Crippen LogP contribution in [-0.4, -0.2) is 18.0 Å². The molecule has 0 atom stereocenters. The maximum absolute atomic E-state index is 11.9. The first kappa shape index (κ1) is 17.1. The lowest BCUT2D eigenvalue weighted by Crippen LogP contribution is -2.32. The third-order valence-corrected chi connectivity index (χ3v) is 3.75. The van der Waals surface area contributed by atoms with Crippen molar-refractivity contribution in [1.29, 1.82) is 0 Å². The van der Waals surface area contributed by atoms with E-state index in [-0.39, 0.29) is 0 Å². The maximum Gasteiger partial charge on any atom is 0.329 e. The molecule has 2 rings (SSSR count). The Kier molecular flexibility index (Phi) is 6.28. The molecule has 0 saturated heterocycles. The third-order valence-electron chi connectivity index (χ3n) is 3.08. The van der Waals surface area contributed by atoms with Crippen LogP contribution in [0.1, 0.15) is 18.1 Å². The second kappa shape index (κ2) is 8.42. The monoisotopic (exact) mass is 421 g/mol. The van der Waals surface area contributed by atoms with Gasteiger partial charge >= 0.3 is 11.8 Å². The molecule has 0 fully saturated rings. The van der Waals surface area contributed by atoms with Crippen LogP contribution in [0.15, 0.2) is 53.6 Å². The number of hydrogen-bond acceptors (Lipinski definition) is 3. The van der Waals surface area contributed by atoms with Gasteiger partial charge in [-0.3, -0.25) is 9.59 Å². The summed E-state index contributed by atoms with van der Waals surface area (Å²) in [7, 11) is 0. The van der Waals surface area contributed by atoms with E-state index < -0.39 is 11.8 Å². The Balaban J connectivity index is 1.94. The van der Waals surface area contributed by atoms with Crippen LogP contribution >= 0.6 is 22.6 Å². The Bertz CT molecular complexity index is 744.